The molecule has 0 unspecified atom stereocenters. The number of pyridine rings is 2. The Labute approximate surface area is 128 Å². The molecule has 108 valence electrons. The summed E-state index contributed by atoms with van der Waals surface area (Å²) in [6, 6.07) is 15.0. The molecular weight excluding hydrogens is 276 g/mol. The molecular formula is C18H15N2O2+. The average molecular weight is 291 g/mol. The monoisotopic (exact) mass is 291 g/mol. The van der Waals surface area contributed by atoms with E-state index in [1.165, 1.54) is 0 Å². The third-order valence-corrected chi connectivity index (χ3v) is 3.47. The number of benzene rings is 1. The molecule has 3 aromatic rings. The van der Waals surface area contributed by atoms with Gasteiger partial charge in [0.05, 0.1) is 5.56 Å². The Hall–Kier alpha value is -3.01. The predicted octanol–water partition coefficient (Wildman–Crippen LogP) is 2.78. The molecule has 0 amide bonds. The van der Waals surface area contributed by atoms with Gasteiger partial charge in [-0.25, -0.2) is 9.36 Å². The highest BCUT2D eigenvalue weighted by molar-refractivity contribution is 5.87. The Balaban J connectivity index is 1.75. The first-order valence-corrected chi connectivity index (χ1v) is 6.94. The molecule has 0 atom stereocenters. The summed E-state index contributed by atoms with van der Waals surface area (Å²) in [5.74, 6) is -0.902. The molecule has 22 heavy (non-hydrogen) atoms. The van der Waals surface area contributed by atoms with Gasteiger partial charge >= 0.3 is 5.97 Å². The molecule has 4 nitrogen and oxygen atoms in total. The van der Waals surface area contributed by atoms with Crippen LogP contribution in [0.25, 0.3) is 11.1 Å². The van der Waals surface area contributed by atoms with Gasteiger partial charge < -0.3 is 5.11 Å². The summed E-state index contributed by atoms with van der Waals surface area (Å²) in [5.41, 5.74) is 3.64. The zero-order valence-electron chi connectivity index (χ0n) is 11.9. The maximum atomic E-state index is 10.8. The Bertz CT molecular complexity index is 766. The standard InChI is InChI=1S/C18H14N2O2/c21-18(22)17-3-1-14(2-4-17)13-20-11-7-16(8-12-20)15-5-9-19-10-6-15/h1-12H,13H2/p+1. The minimum Gasteiger partial charge on any atom is -0.478 e. The van der Waals surface area contributed by atoms with Crippen molar-refractivity contribution in [3.8, 4) is 11.1 Å². The number of aromatic nitrogens is 2. The van der Waals surface area contributed by atoms with Gasteiger partial charge in [0.2, 0.25) is 0 Å². The predicted molar refractivity (Wildman–Crippen MR) is 82.4 cm³/mol. The van der Waals surface area contributed by atoms with Gasteiger partial charge in [0.15, 0.2) is 18.9 Å². The van der Waals surface area contributed by atoms with Gasteiger partial charge in [0, 0.05) is 30.1 Å². The fourth-order valence-electron chi connectivity index (χ4n) is 2.26. The summed E-state index contributed by atoms with van der Waals surface area (Å²) in [6.45, 7) is 0.705. The fourth-order valence-corrected chi connectivity index (χ4v) is 2.26. The summed E-state index contributed by atoms with van der Waals surface area (Å²) in [7, 11) is 0. The summed E-state index contributed by atoms with van der Waals surface area (Å²) in [6.07, 6.45) is 7.59. The van der Waals surface area contributed by atoms with Crippen LogP contribution in [0, 0.1) is 0 Å². The van der Waals surface area contributed by atoms with E-state index in [0.29, 0.717) is 12.1 Å². The van der Waals surface area contributed by atoms with E-state index in [2.05, 4.69) is 21.7 Å². The smallest absolute Gasteiger partial charge is 0.335 e. The topological polar surface area (TPSA) is 54.1 Å². The Morgan fingerprint density at radius 1 is 0.909 bits per heavy atom. The van der Waals surface area contributed by atoms with Crippen LogP contribution >= 0.6 is 0 Å². The highest BCUT2D eigenvalue weighted by Crippen LogP contribution is 2.15. The van der Waals surface area contributed by atoms with Crippen LogP contribution in [0.5, 0.6) is 0 Å². The first-order chi connectivity index (χ1) is 10.7. The van der Waals surface area contributed by atoms with E-state index in [9.17, 15) is 4.79 Å². The minimum absolute atomic E-state index is 0.307. The minimum atomic E-state index is -0.902. The van der Waals surface area contributed by atoms with E-state index in [-0.39, 0.29) is 0 Å². The van der Waals surface area contributed by atoms with E-state index in [1.54, 1.807) is 24.5 Å². The van der Waals surface area contributed by atoms with Crippen LogP contribution in [-0.4, -0.2) is 16.1 Å². The second-order valence-corrected chi connectivity index (χ2v) is 5.00. The van der Waals surface area contributed by atoms with Crippen molar-refractivity contribution >= 4 is 5.97 Å². The number of carboxylic acids is 1. The van der Waals surface area contributed by atoms with Crippen molar-refractivity contribution in [3.05, 3.63) is 84.4 Å². The van der Waals surface area contributed by atoms with Gasteiger partial charge in [0.25, 0.3) is 0 Å². The maximum absolute atomic E-state index is 10.8. The van der Waals surface area contributed by atoms with Crippen LogP contribution in [0.2, 0.25) is 0 Å². The lowest BCUT2D eigenvalue weighted by Gasteiger charge is -2.02. The molecule has 3 rings (SSSR count). The molecule has 2 heterocycles. The third kappa shape index (κ3) is 3.17. The lowest BCUT2D eigenvalue weighted by molar-refractivity contribution is -0.688. The highest BCUT2D eigenvalue weighted by Gasteiger charge is 2.06. The molecule has 0 radical (unpaired) electrons. The van der Waals surface area contributed by atoms with E-state index < -0.39 is 5.97 Å². The van der Waals surface area contributed by atoms with Crippen molar-refractivity contribution < 1.29 is 14.5 Å². The summed E-state index contributed by atoms with van der Waals surface area (Å²) < 4.78 is 2.06. The molecule has 2 aromatic heterocycles. The zero-order valence-corrected chi connectivity index (χ0v) is 11.9. The van der Waals surface area contributed by atoms with E-state index in [0.717, 1.165) is 16.7 Å². The van der Waals surface area contributed by atoms with E-state index in [1.807, 2.05) is 36.7 Å². The van der Waals surface area contributed by atoms with Gasteiger partial charge in [0.1, 0.15) is 0 Å². The van der Waals surface area contributed by atoms with Gasteiger partial charge in [-0.15, -0.1) is 0 Å². The summed E-state index contributed by atoms with van der Waals surface area (Å²) >= 11 is 0. The lowest BCUT2D eigenvalue weighted by atomic mass is 10.1. The van der Waals surface area contributed by atoms with Crippen molar-refractivity contribution in [2.24, 2.45) is 0 Å². The second-order valence-electron chi connectivity index (χ2n) is 5.00. The van der Waals surface area contributed by atoms with Gasteiger partial charge in [-0.1, -0.05) is 12.1 Å². The van der Waals surface area contributed by atoms with Gasteiger partial charge in [-0.3, -0.25) is 4.98 Å². The van der Waals surface area contributed by atoms with Crippen molar-refractivity contribution in [1.29, 1.82) is 0 Å². The van der Waals surface area contributed by atoms with Crippen molar-refractivity contribution in [1.82, 2.24) is 4.98 Å². The Kier molecular flexibility index (Phi) is 3.92. The van der Waals surface area contributed by atoms with E-state index in [4.69, 9.17) is 5.11 Å². The maximum Gasteiger partial charge on any atom is 0.335 e. The highest BCUT2D eigenvalue weighted by atomic mass is 16.4. The molecule has 0 aliphatic carbocycles. The van der Waals surface area contributed by atoms with Crippen LogP contribution in [0.15, 0.2) is 73.3 Å². The number of carboxylic acid groups (broad SMARTS) is 1. The molecule has 0 saturated heterocycles. The average Bonchev–Trinajstić information content (AvgIpc) is 2.57. The van der Waals surface area contributed by atoms with Crippen molar-refractivity contribution in [3.63, 3.8) is 0 Å². The van der Waals surface area contributed by atoms with Crippen LogP contribution in [0.4, 0.5) is 0 Å². The van der Waals surface area contributed by atoms with Crippen molar-refractivity contribution in [2.45, 2.75) is 6.54 Å². The lowest BCUT2D eigenvalue weighted by Crippen LogP contribution is -2.33. The molecule has 1 aromatic carbocycles. The van der Waals surface area contributed by atoms with Crippen LogP contribution < -0.4 is 4.57 Å². The molecule has 0 aliphatic rings. The van der Waals surface area contributed by atoms with Gasteiger partial charge in [-0.2, -0.15) is 0 Å². The number of carbonyl (C=O) groups is 1. The third-order valence-electron chi connectivity index (χ3n) is 3.47. The number of nitrogens with zero attached hydrogens (tertiary/aromatic N) is 2. The molecule has 4 heteroatoms. The number of rotatable bonds is 4. The molecule has 1 N–H and O–H groups in total. The SMILES string of the molecule is O=C(O)c1ccc(C[n+]2ccc(-c3ccncc3)cc2)cc1. The van der Waals surface area contributed by atoms with Crippen molar-refractivity contribution in [2.75, 3.05) is 0 Å². The Morgan fingerprint density at radius 3 is 2.09 bits per heavy atom. The van der Waals surface area contributed by atoms with Crippen LogP contribution in [0.3, 0.4) is 0 Å². The summed E-state index contributed by atoms with van der Waals surface area (Å²) in [5, 5.41) is 8.89. The molecule has 0 saturated carbocycles. The Morgan fingerprint density at radius 2 is 1.50 bits per heavy atom. The van der Waals surface area contributed by atoms with Crippen LogP contribution in [0.1, 0.15) is 15.9 Å². The largest absolute Gasteiger partial charge is 0.478 e. The quantitative estimate of drug-likeness (QED) is 0.752. The number of hydrogen-bond donors (Lipinski definition) is 1. The normalized spacial score (nSPS) is 10.4. The number of aromatic carboxylic acids is 1. The fraction of sp³-hybridized carbons (Fsp3) is 0.0556. The van der Waals surface area contributed by atoms with Crippen LogP contribution in [-0.2, 0) is 6.54 Å². The number of hydrogen-bond acceptors (Lipinski definition) is 2. The molecule has 0 aliphatic heterocycles. The zero-order chi connectivity index (χ0) is 15.4. The van der Waals surface area contributed by atoms with E-state index >= 15 is 0 Å². The van der Waals surface area contributed by atoms with Gasteiger partial charge in [-0.05, 0) is 35.4 Å². The molecule has 0 spiro atoms. The molecule has 0 fully saturated rings. The summed E-state index contributed by atoms with van der Waals surface area (Å²) in [4.78, 5) is 14.8. The first kappa shape index (κ1) is 13.9. The molecule has 0 bridgehead atoms. The second kappa shape index (κ2) is 6.18. The first-order valence-electron chi connectivity index (χ1n) is 6.94.